The number of fused-ring (bicyclic) bond motifs is 1. The Morgan fingerprint density at radius 2 is 1.48 bits per heavy atom. The van der Waals surface area contributed by atoms with Gasteiger partial charge in [-0.1, -0.05) is 91.0 Å². The summed E-state index contributed by atoms with van der Waals surface area (Å²) in [7, 11) is 0. The maximum Gasteiger partial charge on any atom is 0.270 e. The number of amides is 2. The molecule has 3 aromatic carbocycles. The molecular formula is C35H36N6O3. The first-order valence-electron chi connectivity index (χ1n) is 15.0. The summed E-state index contributed by atoms with van der Waals surface area (Å²) in [6.07, 6.45) is 1.31. The van der Waals surface area contributed by atoms with E-state index in [-0.39, 0.29) is 17.7 Å². The number of nitrogens with one attached hydrogen (secondary N) is 3. The van der Waals surface area contributed by atoms with Gasteiger partial charge in [0.05, 0.1) is 5.39 Å². The van der Waals surface area contributed by atoms with Crippen molar-refractivity contribution < 1.29 is 14.7 Å². The van der Waals surface area contributed by atoms with Crippen molar-refractivity contribution in [3.8, 4) is 11.4 Å². The average molecular weight is 589 g/mol. The first-order valence-corrected chi connectivity index (χ1v) is 15.0. The summed E-state index contributed by atoms with van der Waals surface area (Å²) in [5.41, 5.74) is 2.41. The van der Waals surface area contributed by atoms with E-state index in [1.165, 1.54) is 6.92 Å². The van der Waals surface area contributed by atoms with Gasteiger partial charge in [-0.2, -0.15) is 0 Å². The number of rotatable bonds is 9. The molecule has 2 amide bonds. The smallest absolute Gasteiger partial charge is 0.270 e. The number of nitrogens with zero attached hydrogens (tertiary/aromatic N) is 3. The minimum absolute atomic E-state index is 0.0576. The Labute approximate surface area is 256 Å². The highest BCUT2D eigenvalue weighted by Crippen LogP contribution is 2.42. The van der Waals surface area contributed by atoms with E-state index in [1.54, 1.807) is 6.07 Å². The minimum atomic E-state index is -1.15. The van der Waals surface area contributed by atoms with Crippen LogP contribution in [0.4, 0.5) is 5.82 Å². The molecule has 9 nitrogen and oxygen atoms in total. The molecule has 5 aromatic rings. The molecule has 0 unspecified atom stereocenters. The van der Waals surface area contributed by atoms with Gasteiger partial charge < -0.3 is 25.6 Å². The molecule has 1 aliphatic rings. The normalized spacial score (nSPS) is 14.0. The molecule has 224 valence electrons. The molecule has 0 aliphatic carbocycles. The van der Waals surface area contributed by atoms with Gasteiger partial charge in [-0.05, 0) is 36.0 Å². The van der Waals surface area contributed by atoms with Crippen LogP contribution in [0.25, 0.3) is 22.4 Å². The number of carbonyl (C=O) groups excluding carboxylic acids is 2. The Morgan fingerprint density at radius 3 is 2.07 bits per heavy atom. The van der Waals surface area contributed by atoms with Crippen molar-refractivity contribution >= 4 is 28.7 Å². The lowest BCUT2D eigenvalue weighted by Gasteiger charge is -2.42. The van der Waals surface area contributed by atoms with Crippen molar-refractivity contribution in [2.45, 2.75) is 25.4 Å². The summed E-state index contributed by atoms with van der Waals surface area (Å²) in [6.45, 7) is 3.42. The van der Waals surface area contributed by atoms with E-state index in [0.29, 0.717) is 67.4 Å². The minimum Gasteiger partial charge on any atom is -0.380 e. The van der Waals surface area contributed by atoms with Crippen LogP contribution in [0, 0.1) is 5.92 Å². The molecule has 1 fully saturated rings. The third-order valence-electron chi connectivity index (χ3n) is 8.34. The van der Waals surface area contributed by atoms with Gasteiger partial charge in [0.1, 0.15) is 22.8 Å². The predicted octanol–water partition coefficient (Wildman–Crippen LogP) is 4.96. The van der Waals surface area contributed by atoms with Gasteiger partial charge in [0.25, 0.3) is 5.91 Å². The molecule has 2 aromatic heterocycles. The monoisotopic (exact) mass is 588 g/mol. The summed E-state index contributed by atoms with van der Waals surface area (Å²) < 4.78 is 0. The second kappa shape index (κ2) is 12.7. The lowest BCUT2D eigenvalue weighted by atomic mass is 9.72. The molecule has 6 rings (SSSR count). The number of aromatic nitrogens is 3. The molecule has 0 radical (unpaired) electrons. The molecule has 0 atom stereocenters. The second-order valence-electron chi connectivity index (χ2n) is 11.2. The number of anilines is 1. The zero-order chi connectivity index (χ0) is 30.5. The van der Waals surface area contributed by atoms with Crippen LogP contribution in [0.3, 0.4) is 0 Å². The number of aliphatic hydroxyl groups is 1. The van der Waals surface area contributed by atoms with Gasteiger partial charge in [0, 0.05) is 38.7 Å². The van der Waals surface area contributed by atoms with Gasteiger partial charge >= 0.3 is 0 Å². The number of hydrogen-bond acceptors (Lipinski definition) is 6. The van der Waals surface area contributed by atoms with Crippen molar-refractivity contribution in [2.75, 3.05) is 31.5 Å². The fourth-order valence-electron chi connectivity index (χ4n) is 6.09. The van der Waals surface area contributed by atoms with Gasteiger partial charge in [-0.3, -0.25) is 9.59 Å². The van der Waals surface area contributed by atoms with Gasteiger partial charge in [0.15, 0.2) is 5.82 Å². The molecule has 0 spiro atoms. The zero-order valence-corrected chi connectivity index (χ0v) is 24.7. The number of H-pyrrole nitrogens is 1. The molecule has 1 saturated heterocycles. The summed E-state index contributed by atoms with van der Waals surface area (Å²) in [5, 5.41) is 19.0. The topological polar surface area (TPSA) is 123 Å². The molecular weight excluding hydrogens is 552 g/mol. The third-order valence-corrected chi connectivity index (χ3v) is 8.34. The van der Waals surface area contributed by atoms with E-state index in [4.69, 9.17) is 9.97 Å². The van der Waals surface area contributed by atoms with E-state index < -0.39 is 5.60 Å². The Balaban J connectivity index is 1.24. The summed E-state index contributed by atoms with van der Waals surface area (Å²) >= 11 is 0. The number of benzene rings is 3. The van der Waals surface area contributed by atoms with Crippen molar-refractivity contribution in [1.82, 2.24) is 25.2 Å². The molecule has 3 heterocycles. The number of hydrogen-bond donors (Lipinski definition) is 4. The van der Waals surface area contributed by atoms with Crippen molar-refractivity contribution in [3.05, 3.63) is 114 Å². The quantitative estimate of drug-likeness (QED) is 0.181. The SMILES string of the molecule is CC(=O)NCCNc1nc(-c2ccccc2)nc2[nH]c(C(=O)N3CCC(C(O)(c4ccccc4)c4ccccc4)CC3)cc12. The highest BCUT2D eigenvalue weighted by Gasteiger charge is 2.42. The molecule has 9 heteroatoms. The van der Waals surface area contributed by atoms with E-state index >= 15 is 0 Å². The number of piperidine rings is 1. The van der Waals surface area contributed by atoms with E-state index in [1.807, 2.05) is 95.9 Å². The number of carbonyl (C=O) groups is 2. The Morgan fingerprint density at radius 1 is 0.886 bits per heavy atom. The van der Waals surface area contributed by atoms with Gasteiger partial charge in [-0.15, -0.1) is 0 Å². The molecule has 1 aliphatic heterocycles. The fourth-order valence-corrected chi connectivity index (χ4v) is 6.09. The van der Waals surface area contributed by atoms with Crippen LogP contribution in [-0.4, -0.2) is 63.0 Å². The zero-order valence-electron chi connectivity index (χ0n) is 24.7. The lowest BCUT2D eigenvalue weighted by Crippen LogP contribution is -2.46. The Kier molecular flexibility index (Phi) is 8.38. The van der Waals surface area contributed by atoms with Gasteiger partial charge in [0.2, 0.25) is 5.91 Å². The standard InChI is InChI=1S/C35H36N6O3/c1-24(42)36-19-20-37-32-29-23-30(38-33(29)40-31(39-32)25-11-5-2-6-12-25)34(43)41-21-17-28(18-22-41)35(44,26-13-7-3-8-14-26)27-15-9-4-10-16-27/h2-16,23,28,44H,17-22H2,1H3,(H,36,42)(H2,37,38,39,40). The van der Waals surface area contributed by atoms with Crippen LogP contribution < -0.4 is 10.6 Å². The van der Waals surface area contributed by atoms with Crippen LogP contribution in [0.5, 0.6) is 0 Å². The maximum atomic E-state index is 13.8. The van der Waals surface area contributed by atoms with E-state index in [0.717, 1.165) is 16.7 Å². The summed E-state index contributed by atoms with van der Waals surface area (Å²) in [4.78, 5) is 39.7. The second-order valence-corrected chi connectivity index (χ2v) is 11.2. The first-order chi connectivity index (χ1) is 21.4. The van der Waals surface area contributed by atoms with E-state index in [2.05, 4.69) is 15.6 Å². The molecule has 0 bridgehead atoms. The van der Waals surface area contributed by atoms with Crippen molar-refractivity contribution in [3.63, 3.8) is 0 Å². The Bertz CT molecular complexity index is 1690. The summed E-state index contributed by atoms with van der Waals surface area (Å²) in [5.74, 6) is 0.841. The molecule has 4 N–H and O–H groups in total. The Hall–Kier alpha value is -5.02. The van der Waals surface area contributed by atoms with Gasteiger partial charge in [-0.25, -0.2) is 9.97 Å². The third kappa shape index (κ3) is 5.91. The summed E-state index contributed by atoms with van der Waals surface area (Å²) in [6, 6.07) is 31.1. The van der Waals surface area contributed by atoms with Crippen LogP contribution in [-0.2, 0) is 10.4 Å². The highest BCUT2D eigenvalue weighted by atomic mass is 16.3. The van der Waals surface area contributed by atoms with Crippen LogP contribution in [0.15, 0.2) is 97.1 Å². The first kappa shape index (κ1) is 29.1. The van der Waals surface area contributed by atoms with Crippen molar-refractivity contribution in [2.24, 2.45) is 5.92 Å². The van der Waals surface area contributed by atoms with Crippen LogP contribution in [0.1, 0.15) is 41.4 Å². The number of aromatic amines is 1. The van der Waals surface area contributed by atoms with E-state index in [9.17, 15) is 14.7 Å². The predicted molar refractivity (Wildman–Crippen MR) is 171 cm³/mol. The lowest BCUT2D eigenvalue weighted by molar-refractivity contribution is -0.118. The molecule has 44 heavy (non-hydrogen) atoms. The largest absolute Gasteiger partial charge is 0.380 e. The van der Waals surface area contributed by atoms with Crippen LogP contribution in [0.2, 0.25) is 0 Å². The average Bonchev–Trinajstić information content (AvgIpc) is 3.52. The fraction of sp³-hybridized carbons (Fsp3) is 0.257. The number of likely N-dealkylation sites (tertiary alicyclic amines) is 1. The maximum absolute atomic E-state index is 13.8. The highest BCUT2D eigenvalue weighted by molar-refractivity contribution is 6.00. The molecule has 0 saturated carbocycles. The van der Waals surface area contributed by atoms with Crippen molar-refractivity contribution in [1.29, 1.82) is 0 Å². The van der Waals surface area contributed by atoms with Crippen LogP contribution >= 0.6 is 0 Å².